The van der Waals surface area contributed by atoms with E-state index < -0.39 is 7.60 Å². The quantitative estimate of drug-likeness (QED) is 0.728. The van der Waals surface area contributed by atoms with Crippen molar-refractivity contribution in [3.63, 3.8) is 0 Å². The highest BCUT2D eigenvalue weighted by Gasteiger charge is 2.24. The van der Waals surface area contributed by atoms with Crippen LogP contribution >= 0.6 is 19.2 Å². The molecule has 108 valence electrons. The first kappa shape index (κ1) is 15.5. The fourth-order valence-corrected chi connectivity index (χ4v) is 3.72. The average molecular weight is 314 g/mol. The van der Waals surface area contributed by atoms with Crippen molar-refractivity contribution in [2.75, 3.05) is 13.2 Å². The van der Waals surface area contributed by atoms with Crippen molar-refractivity contribution in [2.45, 2.75) is 20.0 Å². The number of rotatable bonds is 6. The van der Waals surface area contributed by atoms with Crippen molar-refractivity contribution in [2.24, 2.45) is 0 Å². The molecule has 0 spiro atoms. The summed E-state index contributed by atoms with van der Waals surface area (Å²) in [5.74, 6) is 0. The molecule has 1 heterocycles. The third-order valence-corrected chi connectivity index (χ3v) is 4.97. The zero-order valence-electron chi connectivity index (χ0n) is 11.5. The van der Waals surface area contributed by atoms with Gasteiger partial charge in [-0.05, 0) is 32.0 Å². The Labute approximate surface area is 123 Å². The highest BCUT2D eigenvalue weighted by Crippen LogP contribution is 2.51. The smallest absolute Gasteiger partial charge is 0.309 e. The van der Waals surface area contributed by atoms with Gasteiger partial charge in [0.25, 0.3) is 0 Å². The number of aromatic nitrogens is 1. The predicted molar refractivity (Wildman–Crippen MR) is 81.3 cm³/mol. The number of benzene rings is 1. The number of hydrogen-bond acceptors (Lipinski definition) is 4. The van der Waals surface area contributed by atoms with Crippen LogP contribution in [0, 0.1) is 0 Å². The normalized spacial score (nSPS) is 11.9. The van der Waals surface area contributed by atoms with E-state index in [-0.39, 0.29) is 6.16 Å². The van der Waals surface area contributed by atoms with E-state index in [9.17, 15) is 4.57 Å². The molecule has 1 aromatic heterocycles. The average Bonchev–Trinajstić information content (AvgIpc) is 2.38. The Kier molecular flexibility index (Phi) is 5.17. The Morgan fingerprint density at radius 1 is 1.15 bits per heavy atom. The van der Waals surface area contributed by atoms with Gasteiger partial charge in [-0.15, -0.1) is 0 Å². The summed E-state index contributed by atoms with van der Waals surface area (Å²) in [6.45, 7) is 4.27. The molecule has 0 saturated carbocycles. The van der Waals surface area contributed by atoms with E-state index in [1.165, 1.54) is 0 Å². The molecule has 2 rings (SSSR count). The molecule has 0 aliphatic rings. The molecule has 20 heavy (non-hydrogen) atoms. The number of halogens is 1. The third-order valence-electron chi connectivity index (χ3n) is 2.72. The van der Waals surface area contributed by atoms with Crippen molar-refractivity contribution in [3.8, 4) is 0 Å². The number of pyridine rings is 1. The number of hydrogen-bond donors (Lipinski definition) is 0. The molecule has 0 bridgehead atoms. The zero-order chi connectivity index (χ0) is 14.6. The minimum absolute atomic E-state index is 0.164. The van der Waals surface area contributed by atoms with Crippen molar-refractivity contribution in [1.29, 1.82) is 0 Å². The summed E-state index contributed by atoms with van der Waals surface area (Å²) in [6.07, 6.45) is 0.164. The van der Waals surface area contributed by atoms with Crippen LogP contribution in [0.15, 0.2) is 30.3 Å². The fraction of sp³-hybridized carbons (Fsp3) is 0.357. The lowest BCUT2D eigenvalue weighted by molar-refractivity contribution is 0.219. The van der Waals surface area contributed by atoms with Crippen molar-refractivity contribution in [1.82, 2.24) is 4.98 Å². The molecule has 6 heteroatoms. The predicted octanol–water partition coefficient (Wildman–Crippen LogP) is 4.65. The molecule has 0 N–H and O–H groups in total. The molecule has 0 amide bonds. The Morgan fingerprint density at radius 2 is 1.80 bits per heavy atom. The van der Waals surface area contributed by atoms with Gasteiger partial charge in [-0.25, -0.2) is 0 Å². The van der Waals surface area contributed by atoms with Crippen LogP contribution in [0.3, 0.4) is 0 Å². The summed E-state index contributed by atoms with van der Waals surface area (Å²) in [6, 6.07) is 9.26. The minimum Gasteiger partial charge on any atom is -0.309 e. The molecule has 0 radical (unpaired) electrons. The van der Waals surface area contributed by atoms with Gasteiger partial charge in [0.05, 0.1) is 30.6 Å². The van der Waals surface area contributed by atoms with Crippen LogP contribution in [0.5, 0.6) is 0 Å². The van der Waals surface area contributed by atoms with Crippen LogP contribution in [-0.2, 0) is 19.8 Å². The lowest BCUT2D eigenvalue weighted by Crippen LogP contribution is -2.00. The van der Waals surface area contributed by atoms with E-state index >= 15 is 0 Å². The maximum atomic E-state index is 12.5. The zero-order valence-corrected chi connectivity index (χ0v) is 13.2. The van der Waals surface area contributed by atoms with Crippen molar-refractivity contribution in [3.05, 3.63) is 41.0 Å². The molecule has 0 aliphatic carbocycles. The summed E-state index contributed by atoms with van der Waals surface area (Å²) < 4.78 is 23.0. The van der Waals surface area contributed by atoms with Crippen molar-refractivity contribution >= 4 is 30.1 Å². The van der Waals surface area contributed by atoms with Crippen LogP contribution in [0.25, 0.3) is 10.9 Å². The van der Waals surface area contributed by atoms with E-state index in [4.69, 9.17) is 20.6 Å². The summed E-state index contributed by atoms with van der Waals surface area (Å²) in [7, 11) is -3.13. The van der Waals surface area contributed by atoms with Crippen LogP contribution in [0.2, 0.25) is 5.02 Å². The summed E-state index contributed by atoms with van der Waals surface area (Å²) in [5, 5.41) is 1.61. The second-order valence-electron chi connectivity index (χ2n) is 4.24. The largest absolute Gasteiger partial charge is 0.336 e. The fourth-order valence-electron chi connectivity index (χ4n) is 1.94. The van der Waals surface area contributed by atoms with Gasteiger partial charge in [0, 0.05) is 10.4 Å². The lowest BCUT2D eigenvalue weighted by atomic mass is 10.2. The Morgan fingerprint density at radius 3 is 2.45 bits per heavy atom. The Bertz CT molecular complexity index is 637. The second kappa shape index (κ2) is 6.68. The standard InChI is InChI=1S/C14H17ClNO3P/c1-3-18-20(17,19-4-2)10-13-8-6-11-5-7-12(15)9-14(11)16-13/h5-9H,3-4,10H2,1-2H3. The molecule has 0 saturated heterocycles. The van der Waals surface area contributed by atoms with Gasteiger partial charge in [0.1, 0.15) is 0 Å². The van der Waals surface area contributed by atoms with E-state index in [0.717, 1.165) is 10.9 Å². The van der Waals surface area contributed by atoms with Crippen molar-refractivity contribution < 1.29 is 13.6 Å². The highest BCUT2D eigenvalue weighted by molar-refractivity contribution is 7.53. The maximum absolute atomic E-state index is 12.5. The summed E-state index contributed by atoms with van der Waals surface area (Å²) in [4.78, 5) is 4.47. The van der Waals surface area contributed by atoms with Crippen LogP contribution in [-0.4, -0.2) is 18.2 Å². The van der Waals surface area contributed by atoms with Gasteiger partial charge in [0.2, 0.25) is 0 Å². The second-order valence-corrected chi connectivity index (χ2v) is 6.74. The number of nitrogens with zero attached hydrogens (tertiary/aromatic N) is 1. The monoisotopic (exact) mass is 313 g/mol. The van der Waals surface area contributed by atoms with Gasteiger partial charge in [-0.2, -0.15) is 0 Å². The van der Waals surface area contributed by atoms with Gasteiger partial charge >= 0.3 is 7.60 Å². The van der Waals surface area contributed by atoms with Gasteiger partial charge in [-0.1, -0.05) is 23.7 Å². The Hall–Kier alpha value is -0.930. The highest BCUT2D eigenvalue weighted by atomic mass is 35.5. The molecule has 2 aromatic rings. The third kappa shape index (κ3) is 3.80. The first-order chi connectivity index (χ1) is 9.56. The minimum atomic E-state index is -3.13. The van der Waals surface area contributed by atoms with E-state index in [1.807, 2.05) is 24.3 Å². The summed E-state index contributed by atoms with van der Waals surface area (Å²) >= 11 is 5.96. The Balaban J connectivity index is 2.30. The van der Waals surface area contributed by atoms with Crippen LogP contribution in [0.1, 0.15) is 19.5 Å². The summed E-state index contributed by atoms with van der Waals surface area (Å²) in [5.41, 5.74) is 1.44. The molecule has 4 nitrogen and oxygen atoms in total. The van der Waals surface area contributed by atoms with Crippen LogP contribution in [0.4, 0.5) is 0 Å². The molecule has 0 fully saturated rings. The SMILES string of the molecule is CCOP(=O)(Cc1ccc2ccc(Cl)cc2n1)OCC. The van der Waals surface area contributed by atoms with E-state index in [2.05, 4.69) is 4.98 Å². The van der Waals surface area contributed by atoms with Crippen LogP contribution < -0.4 is 0 Å². The molecule has 0 unspecified atom stereocenters. The molecule has 0 aliphatic heterocycles. The van der Waals surface area contributed by atoms with E-state index in [1.54, 1.807) is 19.9 Å². The van der Waals surface area contributed by atoms with Gasteiger partial charge in [0.15, 0.2) is 0 Å². The molecular weight excluding hydrogens is 297 g/mol. The topological polar surface area (TPSA) is 48.4 Å². The maximum Gasteiger partial charge on any atom is 0.336 e. The first-order valence-electron chi connectivity index (χ1n) is 6.49. The molecule has 0 atom stereocenters. The van der Waals surface area contributed by atoms with Gasteiger partial charge in [-0.3, -0.25) is 9.55 Å². The molecule has 1 aromatic carbocycles. The first-order valence-corrected chi connectivity index (χ1v) is 8.60. The number of fused-ring (bicyclic) bond motifs is 1. The molecular formula is C14H17ClNO3P. The van der Waals surface area contributed by atoms with E-state index in [0.29, 0.717) is 23.9 Å². The van der Waals surface area contributed by atoms with Gasteiger partial charge < -0.3 is 9.05 Å². The lowest BCUT2D eigenvalue weighted by Gasteiger charge is -2.16.